The lowest BCUT2D eigenvalue weighted by Gasteiger charge is -2.12. The van der Waals surface area contributed by atoms with E-state index in [0.717, 1.165) is 18.9 Å². The molecule has 2 unspecified atom stereocenters. The summed E-state index contributed by atoms with van der Waals surface area (Å²) in [5.41, 5.74) is 6.17. The van der Waals surface area contributed by atoms with E-state index in [1.165, 1.54) is 25.4 Å². The fourth-order valence-electron chi connectivity index (χ4n) is 3.25. The van der Waals surface area contributed by atoms with Gasteiger partial charge in [0.05, 0.1) is 13.2 Å². The smallest absolute Gasteiger partial charge is 0.269 e. The van der Waals surface area contributed by atoms with Gasteiger partial charge < -0.3 is 30.6 Å². The zero-order chi connectivity index (χ0) is 26.3. The Labute approximate surface area is 209 Å². The molecule has 4 N–H and O–H groups in total. The molecule has 1 aromatic heterocycles. The van der Waals surface area contributed by atoms with Gasteiger partial charge in [0.1, 0.15) is 11.8 Å². The number of nitrogens with zero attached hydrogens (tertiary/aromatic N) is 1. The molecule has 2 atom stereocenters. The van der Waals surface area contributed by atoms with Crippen LogP contribution in [0.15, 0.2) is 36.5 Å². The number of ether oxygens (including phenoxy) is 3. The van der Waals surface area contributed by atoms with E-state index >= 15 is 0 Å². The zero-order valence-corrected chi connectivity index (χ0v) is 20.6. The second-order valence-corrected chi connectivity index (χ2v) is 8.05. The van der Waals surface area contributed by atoms with E-state index in [2.05, 4.69) is 20.4 Å². The number of nitrogens with two attached hydrogens (primary N) is 1. The van der Waals surface area contributed by atoms with Crippen LogP contribution in [0.25, 0.3) is 0 Å². The predicted octanol–water partition coefficient (Wildman–Crippen LogP) is 3.05. The summed E-state index contributed by atoms with van der Waals surface area (Å²) in [5.74, 6) is -2.38. The minimum atomic E-state index is -0.940. The van der Waals surface area contributed by atoms with E-state index in [0.29, 0.717) is 44.8 Å². The van der Waals surface area contributed by atoms with Crippen LogP contribution in [0, 0.1) is 11.6 Å². The Morgan fingerprint density at radius 1 is 1.19 bits per heavy atom. The maximum absolute atomic E-state index is 12.5. The highest BCUT2D eigenvalue weighted by Gasteiger charge is 2.28. The number of carbonyl (C=O) groups excluding carboxylic acids is 2. The molecule has 2 aromatic rings. The van der Waals surface area contributed by atoms with Crippen molar-refractivity contribution >= 4 is 17.5 Å². The molecule has 0 radical (unpaired) electrons. The molecule has 1 aromatic carbocycles. The molecule has 11 heteroatoms. The quantitative estimate of drug-likeness (QED) is 0.399. The van der Waals surface area contributed by atoms with Gasteiger partial charge in [-0.1, -0.05) is 6.07 Å². The molecule has 1 saturated heterocycles. The molecule has 0 spiro atoms. The summed E-state index contributed by atoms with van der Waals surface area (Å²) in [5, 5.41) is 5.57. The summed E-state index contributed by atoms with van der Waals surface area (Å²) in [6.07, 6.45) is 4.29. The highest BCUT2D eigenvalue weighted by Crippen LogP contribution is 2.21. The molecule has 198 valence electrons. The average molecular weight is 509 g/mol. The van der Waals surface area contributed by atoms with Crippen LogP contribution >= 0.6 is 0 Å². The molecule has 36 heavy (non-hydrogen) atoms. The van der Waals surface area contributed by atoms with Crippen molar-refractivity contribution in [3.05, 3.63) is 53.9 Å². The molecule has 1 fully saturated rings. The first-order chi connectivity index (χ1) is 17.3. The minimum absolute atomic E-state index is 0.0694. The van der Waals surface area contributed by atoms with Crippen molar-refractivity contribution in [1.29, 1.82) is 0 Å². The number of halogens is 2. The van der Waals surface area contributed by atoms with Crippen molar-refractivity contribution in [2.45, 2.75) is 44.8 Å². The van der Waals surface area contributed by atoms with Crippen LogP contribution < -0.4 is 21.1 Å². The number of rotatable bonds is 11. The van der Waals surface area contributed by atoms with Gasteiger partial charge in [0.2, 0.25) is 5.82 Å². The van der Waals surface area contributed by atoms with Gasteiger partial charge in [-0.05, 0) is 63.4 Å². The number of hydrogen-bond donors (Lipinski definition) is 3. The summed E-state index contributed by atoms with van der Waals surface area (Å²) in [7, 11) is 1.29. The van der Waals surface area contributed by atoms with Crippen molar-refractivity contribution in [2.24, 2.45) is 5.73 Å². The monoisotopic (exact) mass is 508 g/mol. The Morgan fingerprint density at radius 3 is 2.64 bits per heavy atom. The lowest BCUT2D eigenvalue weighted by atomic mass is 10.2. The molecule has 1 aliphatic heterocycles. The SMILES string of the molecule is CC1CCC(C(=O)Nc2ccnc(C(=O)NCCCOCCCN)c2)O1.COc1cccc(F)c1F. The van der Waals surface area contributed by atoms with Crippen LogP contribution in [0.1, 0.15) is 43.1 Å². The van der Waals surface area contributed by atoms with Crippen LogP contribution in [0.3, 0.4) is 0 Å². The normalized spacial score (nSPS) is 16.6. The van der Waals surface area contributed by atoms with Gasteiger partial charge in [-0.2, -0.15) is 4.39 Å². The Morgan fingerprint density at radius 2 is 1.97 bits per heavy atom. The predicted molar refractivity (Wildman–Crippen MR) is 131 cm³/mol. The largest absolute Gasteiger partial charge is 0.494 e. The number of amides is 2. The molecular formula is C25H34F2N4O5. The third-order valence-corrected chi connectivity index (χ3v) is 5.16. The van der Waals surface area contributed by atoms with Gasteiger partial charge in [0.25, 0.3) is 11.8 Å². The third kappa shape index (κ3) is 9.84. The Kier molecular flexibility index (Phi) is 12.7. The lowest BCUT2D eigenvalue weighted by molar-refractivity contribution is -0.126. The van der Waals surface area contributed by atoms with Gasteiger partial charge in [-0.15, -0.1) is 0 Å². The van der Waals surface area contributed by atoms with E-state index in [9.17, 15) is 18.4 Å². The van der Waals surface area contributed by atoms with Crippen LogP contribution in [-0.4, -0.2) is 62.4 Å². The second-order valence-electron chi connectivity index (χ2n) is 8.05. The summed E-state index contributed by atoms with van der Waals surface area (Å²) in [4.78, 5) is 28.4. The molecule has 9 nitrogen and oxygen atoms in total. The number of benzene rings is 1. The van der Waals surface area contributed by atoms with E-state index in [1.807, 2.05) is 6.92 Å². The zero-order valence-electron chi connectivity index (χ0n) is 20.6. The number of methoxy groups -OCH3 is 1. The number of anilines is 1. The number of nitrogens with one attached hydrogen (secondary N) is 2. The molecule has 3 rings (SSSR count). The van der Waals surface area contributed by atoms with Crippen molar-refractivity contribution < 1.29 is 32.6 Å². The van der Waals surface area contributed by atoms with Crippen LogP contribution in [0.2, 0.25) is 0 Å². The van der Waals surface area contributed by atoms with Gasteiger partial charge in [0.15, 0.2) is 11.6 Å². The summed E-state index contributed by atoms with van der Waals surface area (Å²) < 4.78 is 40.2. The molecule has 2 amide bonds. The topological polar surface area (TPSA) is 125 Å². The van der Waals surface area contributed by atoms with E-state index in [-0.39, 0.29) is 29.4 Å². The number of carbonyl (C=O) groups is 2. The maximum atomic E-state index is 12.5. The summed E-state index contributed by atoms with van der Waals surface area (Å²) in [6.45, 7) is 4.26. The first-order valence-corrected chi connectivity index (χ1v) is 11.8. The van der Waals surface area contributed by atoms with Crippen LogP contribution in [-0.2, 0) is 14.3 Å². The molecule has 0 bridgehead atoms. The fourth-order valence-corrected chi connectivity index (χ4v) is 3.25. The second kappa shape index (κ2) is 15.8. The third-order valence-electron chi connectivity index (χ3n) is 5.16. The van der Waals surface area contributed by atoms with Crippen molar-refractivity contribution in [3.8, 4) is 5.75 Å². The molecule has 0 saturated carbocycles. The Hall–Kier alpha value is -3.15. The van der Waals surface area contributed by atoms with Crippen LogP contribution in [0.4, 0.5) is 14.5 Å². The first kappa shape index (κ1) is 29.1. The van der Waals surface area contributed by atoms with Crippen LogP contribution in [0.5, 0.6) is 5.75 Å². The average Bonchev–Trinajstić information content (AvgIpc) is 3.32. The Bertz CT molecular complexity index is 979. The van der Waals surface area contributed by atoms with Crippen molar-refractivity contribution in [2.75, 3.05) is 38.7 Å². The Balaban J connectivity index is 0.000000380. The number of aromatic nitrogens is 1. The van der Waals surface area contributed by atoms with Gasteiger partial charge in [0, 0.05) is 31.6 Å². The fraction of sp³-hybridized carbons (Fsp3) is 0.480. The van der Waals surface area contributed by atoms with E-state index in [4.69, 9.17) is 15.2 Å². The highest BCUT2D eigenvalue weighted by atomic mass is 19.2. The molecule has 1 aliphatic rings. The van der Waals surface area contributed by atoms with Gasteiger partial charge in [-0.25, -0.2) is 4.39 Å². The van der Waals surface area contributed by atoms with Crippen molar-refractivity contribution in [1.82, 2.24) is 10.3 Å². The standard InChI is InChI=1S/C18H28N4O4.C7H6F2O/c1-13-4-5-16(26-13)18(24)22-14-6-9-20-15(12-14)17(23)21-8-3-11-25-10-2-7-19;1-10-6-4-2-3-5(8)7(6)9/h6,9,12-13,16H,2-5,7-8,10-11,19H2,1H3,(H,21,23)(H,20,22,24);2-4H,1H3. The first-order valence-electron chi connectivity index (χ1n) is 11.8. The lowest BCUT2D eigenvalue weighted by Crippen LogP contribution is -2.28. The molecule has 0 aliphatic carbocycles. The highest BCUT2D eigenvalue weighted by molar-refractivity contribution is 5.97. The van der Waals surface area contributed by atoms with Gasteiger partial charge >= 0.3 is 0 Å². The molecular weight excluding hydrogens is 474 g/mol. The maximum Gasteiger partial charge on any atom is 0.269 e. The summed E-state index contributed by atoms with van der Waals surface area (Å²) >= 11 is 0. The van der Waals surface area contributed by atoms with Gasteiger partial charge in [-0.3, -0.25) is 14.6 Å². The number of pyridine rings is 1. The van der Waals surface area contributed by atoms with Crippen molar-refractivity contribution in [3.63, 3.8) is 0 Å². The summed E-state index contributed by atoms with van der Waals surface area (Å²) in [6, 6.07) is 7.00. The number of hydrogen-bond acceptors (Lipinski definition) is 7. The van der Waals surface area contributed by atoms with E-state index < -0.39 is 17.7 Å². The van der Waals surface area contributed by atoms with E-state index in [1.54, 1.807) is 12.1 Å². The molecule has 2 heterocycles. The minimum Gasteiger partial charge on any atom is -0.494 e.